The van der Waals surface area contributed by atoms with Gasteiger partial charge in [-0.2, -0.15) is 0 Å². The average Bonchev–Trinajstić information content (AvgIpc) is 3.77. The maximum Gasteiger partial charge on any atom is 0.167 e. The first-order valence-electron chi connectivity index (χ1n) is 18.7. The third-order valence-corrected chi connectivity index (χ3v) is 8.76. The molecular weight excluding hydrogens is 559 g/mol. The van der Waals surface area contributed by atoms with Crippen LogP contribution in [0.15, 0.2) is 144 Å². The Morgan fingerprint density at radius 1 is 0.523 bits per heavy atom. The second kappa shape index (κ2) is 9.97. The lowest BCUT2D eigenvalue weighted by molar-refractivity contribution is 0.669. The van der Waals surface area contributed by atoms with Crippen molar-refractivity contribution >= 4 is 53.4 Å². The number of furan rings is 1. The summed E-state index contributed by atoms with van der Waals surface area (Å²) in [5.74, 6) is -0.750. The lowest BCUT2D eigenvalue weighted by Crippen LogP contribution is -2.00. The zero-order valence-electron chi connectivity index (χ0n) is 32.7. The van der Waals surface area contributed by atoms with Crippen molar-refractivity contribution in [3.63, 3.8) is 0 Å². The summed E-state index contributed by atoms with van der Waals surface area (Å²) >= 11 is 1.71. The predicted octanol–water partition coefficient (Wildman–Crippen LogP) is 10.8. The van der Waals surface area contributed by atoms with E-state index in [1.54, 1.807) is 23.5 Å². The molecule has 0 amide bonds. The molecule has 6 aromatic carbocycles. The molecule has 206 valence electrons. The van der Waals surface area contributed by atoms with Gasteiger partial charge in [-0.15, -0.1) is 11.3 Å². The van der Waals surface area contributed by atoms with Gasteiger partial charge in [0.1, 0.15) is 11.2 Å². The van der Waals surface area contributed by atoms with Gasteiger partial charge in [-0.3, -0.25) is 0 Å². The van der Waals surface area contributed by atoms with Crippen LogP contribution in [0.4, 0.5) is 0 Å². The lowest BCUT2D eigenvalue weighted by atomic mass is 9.97. The van der Waals surface area contributed by atoms with Gasteiger partial charge in [0.05, 0.1) is 19.3 Å². The van der Waals surface area contributed by atoms with E-state index in [-0.39, 0.29) is 28.6 Å². The molecule has 9 aromatic rings. The van der Waals surface area contributed by atoms with E-state index in [0.717, 1.165) is 32.0 Å². The Labute approximate surface area is 271 Å². The zero-order valence-corrected chi connectivity index (χ0v) is 23.5. The fourth-order valence-corrected chi connectivity index (χ4v) is 6.88. The largest absolute Gasteiger partial charge is 0.455 e. The van der Waals surface area contributed by atoms with Crippen molar-refractivity contribution in [3.05, 3.63) is 139 Å². The third-order valence-electron chi connectivity index (χ3n) is 7.54. The molecule has 0 atom stereocenters. The van der Waals surface area contributed by atoms with Crippen molar-refractivity contribution in [2.75, 3.05) is 0 Å². The number of benzene rings is 6. The van der Waals surface area contributed by atoms with E-state index >= 15 is 0 Å². The molecule has 9 rings (SSSR count). The summed E-state index contributed by atoms with van der Waals surface area (Å²) < 4.78 is 92.8. The van der Waals surface area contributed by atoms with Crippen LogP contribution >= 0.6 is 11.3 Å². The van der Waals surface area contributed by atoms with Crippen LogP contribution in [-0.4, -0.2) is 15.0 Å². The molecule has 0 spiro atoms. The summed E-state index contributed by atoms with van der Waals surface area (Å²) in [4.78, 5) is 13.6. The summed E-state index contributed by atoms with van der Waals surface area (Å²) in [6, 6.07) is 19.8. The van der Waals surface area contributed by atoms with Crippen LogP contribution < -0.4 is 0 Å². The Morgan fingerprint density at radius 3 is 1.86 bits per heavy atom. The van der Waals surface area contributed by atoms with Gasteiger partial charge in [-0.1, -0.05) is 121 Å². The average molecular weight is 592 g/mol. The SMILES string of the molecule is [2H]c1c([2H])c([2H])c(-c2nc(-c3c([2H])c([2H])c([2H])c([2H])c3[2H])nc(-c3cccc4c3oc3cccc(-c5cccc6c5sc5ccccc56)c34)n2)c([2H])c1[2H]. The smallest absolute Gasteiger partial charge is 0.167 e. The molecule has 0 saturated carbocycles. The van der Waals surface area contributed by atoms with Gasteiger partial charge in [-0.05, 0) is 23.8 Å². The standard InChI is InChI=1S/C39H23N3OS/c1-3-12-24(13-4-1)37-40-38(25-14-5-2-6-15-25)42-39(41-37)31-21-10-20-30-34-27(17-11-22-32(34)43-35(30)31)29-19-9-18-28-26-16-7-8-23-33(26)44-36(28)29/h1-23H/i1D,2D,3D,4D,5D,6D,12D,13D,14D,15D. The molecule has 0 saturated heterocycles. The first-order valence-corrected chi connectivity index (χ1v) is 14.5. The van der Waals surface area contributed by atoms with E-state index in [0.29, 0.717) is 16.7 Å². The molecule has 0 aliphatic heterocycles. The minimum absolute atomic E-state index is 0.0635. The van der Waals surface area contributed by atoms with Crippen LogP contribution in [0.2, 0.25) is 0 Å². The highest BCUT2D eigenvalue weighted by Crippen LogP contribution is 2.45. The molecule has 0 aliphatic carbocycles. The van der Waals surface area contributed by atoms with Crippen LogP contribution in [0.5, 0.6) is 0 Å². The Balaban J connectivity index is 1.34. The fourth-order valence-electron chi connectivity index (χ4n) is 5.65. The van der Waals surface area contributed by atoms with Gasteiger partial charge in [0.2, 0.25) is 0 Å². The molecule has 4 nitrogen and oxygen atoms in total. The fraction of sp³-hybridized carbons (Fsp3) is 0. The normalized spacial score (nSPS) is 14.8. The van der Waals surface area contributed by atoms with Gasteiger partial charge >= 0.3 is 0 Å². The molecule has 3 aromatic heterocycles. The number of thiophene rings is 1. The first kappa shape index (κ1) is 16.8. The minimum atomic E-state index is -0.613. The third kappa shape index (κ3) is 3.94. The van der Waals surface area contributed by atoms with Gasteiger partial charge in [-0.25, -0.2) is 15.0 Å². The van der Waals surface area contributed by atoms with Crippen LogP contribution in [-0.2, 0) is 0 Å². The number of nitrogens with zero attached hydrogens (tertiary/aromatic N) is 3. The molecule has 0 bridgehead atoms. The Kier molecular flexibility index (Phi) is 3.82. The molecule has 0 fully saturated rings. The molecule has 0 aliphatic rings. The van der Waals surface area contributed by atoms with Crippen molar-refractivity contribution in [3.8, 4) is 45.3 Å². The van der Waals surface area contributed by atoms with Gasteiger partial charge in [0, 0.05) is 47.6 Å². The highest BCUT2D eigenvalue weighted by Gasteiger charge is 2.20. The van der Waals surface area contributed by atoms with Crippen LogP contribution in [0.25, 0.3) is 87.4 Å². The number of para-hydroxylation sites is 1. The number of hydrogen-bond acceptors (Lipinski definition) is 5. The zero-order chi connectivity index (χ0) is 37.7. The maximum atomic E-state index is 8.66. The Bertz CT molecular complexity index is 2940. The summed E-state index contributed by atoms with van der Waals surface area (Å²) in [5, 5.41) is 3.88. The van der Waals surface area contributed by atoms with Crippen molar-refractivity contribution in [2.24, 2.45) is 0 Å². The van der Waals surface area contributed by atoms with Crippen molar-refractivity contribution in [1.82, 2.24) is 15.0 Å². The summed E-state index contributed by atoms with van der Waals surface area (Å²) in [7, 11) is 0. The van der Waals surface area contributed by atoms with E-state index in [4.69, 9.17) is 18.1 Å². The summed E-state index contributed by atoms with van der Waals surface area (Å²) in [6.45, 7) is 0. The van der Waals surface area contributed by atoms with E-state index in [2.05, 4.69) is 39.2 Å². The van der Waals surface area contributed by atoms with Crippen LogP contribution in [0.3, 0.4) is 0 Å². The van der Waals surface area contributed by atoms with E-state index in [9.17, 15) is 0 Å². The number of aromatic nitrogens is 3. The second-order valence-corrected chi connectivity index (χ2v) is 11.1. The topological polar surface area (TPSA) is 51.8 Å². The molecule has 0 unspecified atom stereocenters. The van der Waals surface area contributed by atoms with Crippen molar-refractivity contribution in [1.29, 1.82) is 0 Å². The van der Waals surface area contributed by atoms with E-state index in [1.807, 2.05) is 42.5 Å². The Morgan fingerprint density at radius 2 is 1.11 bits per heavy atom. The minimum Gasteiger partial charge on any atom is -0.455 e. The van der Waals surface area contributed by atoms with Crippen LogP contribution in [0.1, 0.15) is 13.7 Å². The maximum absolute atomic E-state index is 8.66. The highest BCUT2D eigenvalue weighted by atomic mass is 32.1. The van der Waals surface area contributed by atoms with E-state index < -0.39 is 60.4 Å². The predicted molar refractivity (Wildman–Crippen MR) is 182 cm³/mol. The first-order chi connectivity index (χ1) is 26.0. The lowest BCUT2D eigenvalue weighted by Gasteiger charge is -2.09. The number of hydrogen-bond donors (Lipinski definition) is 0. The summed E-state index contributed by atoms with van der Waals surface area (Å²) in [6.07, 6.45) is 0. The number of rotatable bonds is 4. The van der Waals surface area contributed by atoms with Gasteiger partial charge in [0.15, 0.2) is 17.5 Å². The monoisotopic (exact) mass is 591 g/mol. The molecule has 44 heavy (non-hydrogen) atoms. The highest BCUT2D eigenvalue weighted by molar-refractivity contribution is 7.26. The van der Waals surface area contributed by atoms with Gasteiger partial charge in [0.25, 0.3) is 0 Å². The van der Waals surface area contributed by atoms with Gasteiger partial charge < -0.3 is 4.42 Å². The number of fused-ring (bicyclic) bond motifs is 6. The molecule has 0 radical (unpaired) electrons. The molecule has 0 N–H and O–H groups in total. The van der Waals surface area contributed by atoms with Crippen molar-refractivity contribution in [2.45, 2.75) is 0 Å². The molecular formula is C39H23N3OS. The summed E-state index contributed by atoms with van der Waals surface area (Å²) in [5.41, 5.74) is 2.60. The molecule has 3 heterocycles. The van der Waals surface area contributed by atoms with Crippen molar-refractivity contribution < 1.29 is 18.1 Å². The second-order valence-electron chi connectivity index (χ2n) is 10.0. The molecule has 5 heteroatoms. The Hall–Kier alpha value is -5.65. The van der Waals surface area contributed by atoms with E-state index in [1.165, 1.54) is 10.1 Å². The van der Waals surface area contributed by atoms with Crippen LogP contribution in [0, 0.1) is 0 Å². The quantitative estimate of drug-likeness (QED) is 0.204.